The van der Waals surface area contributed by atoms with E-state index in [0.717, 1.165) is 42.4 Å². The van der Waals surface area contributed by atoms with Crippen molar-refractivity contribution in [3.63, 3.8) is 0 Å². The number of fused-ring (bicyclic) bond motifs is 1. The third-order valence-electron chi connectivity index (χ3n) is 8.16. The molecule has 0 aliphatic heterocycles. The Kier molecular flexibility index (Phi) is 7.93. The van der Waals surface area contributed by atoms with Crippen molar-refractivity contribution >= 4 is 17.0 Å². The maximum Gasteiger partial charge on any atom is 0.251 e. The molecule has 9 nitrogen and oxygen atoms in total. The number of nitrogens with one attached hydrogen (secondary N) is 1. The van der Waals surface area contributed by atoms with Crippen LogP contribution >= 0.6 is 0 Å². The molecule has 2 aromatic heterocycles. The lowest BCUT2D eigenvalue weighted by atomic mass is 9.90. The fourth-order valence-corrected chi connectivity index (χ4v) is 5.59. The monoisotopic (exact) mass is 571 g/mol. The summed E-state index contributed by atoms with van der Waals surface area (Å²) >= 11 is 0. The van der Waals surface area contributed by atoms with E-state index in [1.807, 2.05) is 42.5 Å². The van der Waals surface area contributed by atoms with Crippen molar-refractivity contribution in [2.45, 2.75) is 50.6 Å². The van der Waals surface area contributed by atoms with Crippen molar-refractivity contribution in [1.82, 2.24) is 10.3 Å². The number of rotatable bonds is 10. The summed E-state index contributed by atoms with van der Waals surface area (Å²) in [5, 5.41) is 3.17. The van der Waals surface area contributed by atoms with Crippen molar-refractivity contribution in [2.24, 2.45) is 11.7 Å². The van der Waals surface area contributed by atoms with Crippen LogP contribution in [0.15, 0.2) is 53.1 Å². The second-order valence-corrected chi connectivity index (χ2v) is 11.1. The van der Waals surface area contributed by atoms with Gasteiger partial charge < -0.3 is 34.4 Å². The summed E-state index contributed by atoms with van der Waals surface area (Å²) in [5.74, 6) is 3.21. The molecule has 2 atom stereocenters. The van der Waals surface area contributed by atoms with E-state index in [-0.39, 0.29) is 18.0 Å². The van der Waals surface area contributed by atoms with Crippen LogP contribution in [-0.4, -0.2) is 50.9 Å². The predicted molar refractivity (Wildman–Crippen MR) is 160 cm³/mol. The first-order valence-electron chi connectivity index (χ1n) is 14.5. The third kappa shape index (κ3) is 5.74. The van der Waals surface area contributed by atoms with E-state index >= 15 is 0 Å². The Balaban J connectivity index is 1.39. The molecule has 4 aromatic rings. The summed E-state index contributed by atoms with van der Waals surface area (Å²) in [7, 11) is 4.72. The first-order chi connectivity index (χ1) is 20.5. The molecule has 0 radical (unpaired) electrons. The molecule has 0 bridgehead atoms. The average molecular weight is 572 g/mol. The number of aromatic nitrogens is 1. The Morgan fingerprint density at radius 3 is 2.40 bits per heavy atom. The molecule has 0 spiro atoms. The van der Waals surface area contributed by atoms with Crippen LogP contribution in [0.4, 0.5) is 0 Å². The number of furan rings is 1. The molecule has 3 N–H and O–H groups in total. The molecule has 0 saturated heterocycles. The second-order valence-electron chi connectivity index (χ2n) is 11.1. The summed E-state index contributed by atoms with van der Waals surface area (Å²) < 4.78 is 29.1. The number of nitrogens with two attached hydrogens (primary N) is 1. The van der Waals surface area contributed by atoms with Gasteiger partial charge in [-0.1, -0.05) is 12.8 Å². The molecule has 2 aliphatic carbocycles. The van der Waals surface area contributed by atoms with Gasteiger partial charge in [0.2, 0.25) is 5.75 Å². The number of carbonyl (C=O) groups is 1. The van der Waals surface area contributed by atoms with Gasteiger partial charge in [0.25, 0.3) is 5.91 Å². The van der Waals surface area contributed by atoms with Crippen LogP contribution in [0.3, 0.4) is 0 Å². The Hall–Kier alpha value is -4.24. The summed E-state index contributed by atoms with van der Waals surface area (Å²) in [6.45, 7) is 0.635. The topological polar surface area (TPSA) is 118 Å². The van der Waals surface area contributed by atoms with Gasteiger partial charge in [0.15, 0.2) is 17.1 Å². The van der Waals surface area contributed by atoms with E-state index in [1.54, 1.807) is 27.5 Å². The number of methoxy groups -OCH3 is 3. The lowest BCUT2D eigenvalue weighted by Gasteiger charge is -2.29. The second kappa shape index (κ2) is 11.9. The van der Waals surface area contributed by atoms with Crippen LogP contribution in [0, 0.1) is 5.92 Å². The Labute approximate surface area is 245 Å². The Morgan fingerprint density at radius 2 is 1.71 bits per heavy atom. The first kappa shape index (κ1) is 27.9. The molecule has 42 heavy (non-hydrogen) atoms. The van der Waals surface area contributed by atoms with Crippen molar-refractivity contribution in [2.75, 3.05) is 27.9 Å². The van der Waals surface area contributed by atoms with Crippen molar-refractivity contribution in [1.29, 1.82) is 0 Å². The van der Waals surface area contributed by atoms with Crippen molar-refractivity contribution < 1.29 is 28.2 Å². The van der Waals surface area contributed by atoms with Gasteiger partial charge in [-0.2, -0.15) is 0 Å². The van der Waals surface area contributed by atoms with E-state index in [4.69, 9.17) is 29.1 Å². The van der Waals surface area contributed by atoms with Gasteiger partial charge >= 0.3 is 0 Å². The highest BCUT2D eigenvalue weighted by Gasteiger charge is 2.26. The highest BCUT2D eigenvalue weighted by molar-refractivity contribution is 5.98. The van der Waals surface area contributed by atoms with E-state index in [0.29, 0.717) is 57.9 Å². The van der Waals surface area contributed by atoms with Gasteiger partial charge in [-0.05, 0) is 73.6 Å². The van der Waals surface area contributed by atoms with E-state index < -0.39 is 0 Å². The Morgan fingerprint density at radius 1 is 0.952 bits per heavy atom. The molecular formula is C33H37N3O6. The SMILES string of the molecule is COc1cc(-c2cc3nccc(-c4cc(OCC5CC5)cc(C(=O)N[C@@H]5CCCC[C@@H]5N)c4)c3o2)cc(OC)c1OC. The zero-order valence-corrected chi connectivity index (χ0v) is 24.3. The first-order valence-corrected chi connectivity index (χ1v) is 14.5. The van der Waals surface area contributed by atoms with Gasteiger partial charge in [-0.15, -0.1) is 0 Å². The number of carbonyl (C=O) groups excluding carboxylic acids is 1. The largest absolute Gasteiger partial charge is 0.493 e. The minimum absolute atomic E-state index is 0.0342. The molecule has 220 valence electrons. The lowest BCUT2D eigenvalue weighted by molar-refractivity contribution is 0.0921. The number of benzene rings is 2. The average Bonchev–Trinajstić information content (AvgIpc) is 3.75. The van der Waals surface area contributed by atoms with Gasteiger partial charge in [0.1, 0.15) is 17.0 Å². The molecule has 1 amide bonds. The van der Waals surface area contributed by atoms with Crippen LogP contribution in [0.2, 0.25) is 0 Å². The van der Waals surface area contributed by atoms with Crippen LogP contribution < -0.4 is 30.0 Å². The van der Waals surface area contributed by atoms with Crippen molar-refractivity contribution in [3.05, 3.63) is 54.2 Å². The van der Waals surface area contributed by atoms with Crippen LogP contribution in [0.5, 0.6) is 23.0 Å². The quantitative estimate of drug-likeness (QED) is 0.239. The zero-order chi connectivity index (χ0) is 29.2. The van der Waals surface area contributed by atoms with E-state index in [1.165, 1.54) is 12.8 Å². The zero-order valence-electron chi connectivity index (χ0n) is 24.3. The predicted octanol–water partition coefficient (Wildman–Crippen LogP) is 5.98. The minimum Gasteiger partial charge on any atom is -0.493 e. The summed E-state index contributed by atoms with van der Waals surface area (Å²) in [6, 6.07) is 13.0. The molecule has 2 heterocycles. The molecule has 6 rings (SSSR count). The van der Waals surface area contributed by atoms with E-state index in [2.05, 4.69) is 10.3 Å². The molecule has 2 fully saturated rings. The summed E-state index contributed by atoms with van der Waals surface area (Å²) in [4.78, 5) is 18.0. The van der Waals surface area contributed by atoms with Gasteiger partial charge in [0.05, 0.1) is 27.9 Å². The summed E-state index contributed by atoms with van der Waals surface area (Å²) in [5.41, 5.74) is 10.5. The van der Waals surface area contributed by atoms with Crippen LogP contribution in [-0.2, 0) is 0 Å². The highest BCUT2D eigenvalue weighted by atomic mass is 16.5. The van der Waals surface area contributed by atoms with Crippen LogP contribution in [0.25, 0.3) is 33.6 Å². The Bertz CT molecular complexity index is 1570. The molecule has 2 saturated carbocycles. The summed E-state index contributed by atoms with van der Waals surface area (Å²) in [6.07, 6.45) is 8.06. The van der Waals surface area contributed by atoms with Gasteiger partial charge in [-0.25, -0.2) is 0 Å². The third-order valence-corrected chi connectivity index (χ3v) is 8.16. The van der Waals surface area contributed by atoms with Crippen molar-refractivity contribution in [3.8, 4) is 45.4 Å². The standard InChI is InChI=1S/C33H37N3O6/c1-38-29-15-21(16-30(39-2)32(29)40-3)28-17-27-31(42-28)24(10-11-35-27)20-12-22(14-23(13-20)41-18-19-8-9-19)33(37)36-26-7-5-4-6-25(26)34/h10-17,19,25-26H,4-9,18,34H2,1-3H3,(H,36,37)/t25-,26+/m0/s1. The fourth-order valence-electron chi connectivity index (χ4n) is 5.59. The maximum absolute atomic E-state index is 13.5. The molecule has 9 heteroatoms. The number of pyridine rings is 1. The molecular weight excluding hydrogens is 534 g/mol. The van der Waals surface area contributed by atoms with E-state index in [9.17, 15) is 4.79 Å². The lowest BCUT2D eigenvalue weighted by Crippen LogP contribution is -2.49. The number of hydrogen-bond donors (Lipinski definition) is 2. The maximum atomic E-state index is 13.5. The molecule has 2 aliphatic rings. The normalized spacial score (nSPS) is 18.5. The minimum atomic E-state index is -0.154. The molecule has 2 aromatic carbocycles. The van der Waals surface area contributed by atoms with Crippen LogP contribution in [0.1, 0.15) is 48.9 Å². The number of amides is 1. The molecule has 0 unspecified atom stereocenters. The number of nitrogens with zero attached hydrogens (tertiary/aromatic N) is 1. The number of ether oxygens (including phenoxy) is 4. The fraction of sp³-hybridized carbons (Fsp3) is 0.394. The number of hydrogen-bond acceptors (Lipinski definition) is 8. The highest BCUT2D eigenvalue weighted by Crippen LogP contribution is 2.43. The van der Waals surface area contributed by atoms with Gasteiger partial charge in [0, 0.05) is 41.0 Å². The van der Waals surface area contributed by atoms with Gasteiger partial charge in [-0.3, -0.25) is 9.78 Å². The smallest absolute Gasteiger partial charge is 0.251 e.